The summed E-state index contributed by atoms with van der Waals surface area (Å²) in [6.07, 6.45) is 6.39. The number of hydrogen-bond donors (Lipinski definition) is 1. The Labute approximate surface area is 254 Å². The number of hydrogen-bond acceptors (Lipinski definition) is 8. The molecule has 0 amide bonds. The number of halogens is 1. The van der Waals surface area contributed by atoms with Crippen LogP contribution in [0.5, 0.6) is 0 Å². The van der Waals surface area contributed by atoms with Gasteiger partial charge in [0.1, 0.15) is 18.5 Å². The van der Waals surface area contributed by atoms with Gasteiger partial charge in [0.15, 0.2) is 12.1 Å². The van der Waals surface area contributed by atoms with Crippen LogP contribution in [0.4, 0.5) is 0 Å². The largest absolute Gasteiger partial charge is 0.462 e. The van der Waals surface area contributed by atoms with Crippen LogP contribution in [-0.4, -0.2) is 83.3 Å². The maximum atomic E-state index is 13.1. The molecule has 9 heteroatoms. The zero-order chi connectivity index (χ0) is 30.0. The molecule has 0 aromatic carbocycles. The Bertz CT molecular complexity index is 891. The number of aldehydes is 1. The molecule has 0 saturated carbocycles. The number of ether oxygens (including phenoxy) is 3. The summed E-state index contributed by atoms with van der Waals surface area (Å²) in [5, 5.41) is 11.1. The van der Waals surface area contributed by atoms with E-state index < -0.39 is 18.5 Å². The van der Waals surface area contributed by atoms with Crippen LogP contribution in [0.15, 0.2) is 23.8 Å². The highest BCUT2D eigenvalue weighted by atomic mass is 127. The van der Waals surface area contributed by atoms with Crippen LogP contribution in [0.1, 0.15) is 73.1 Å². The summed E-state index contributed by atoms with van der Waals surface area (Å²) in [4.78, 5) is 39.9. The van der Waals surface area contributed by atoms with E-state index in [2.05, 4.69) is 28.7 Å². The number of carbonyl (C=O) groups is 3. The SMILES string of the molecule is CC[C@H]1OC(=O)CC[C@H](C)[C@@H](OC2OC(C)CC(N(C)C)C2O)[C@@H](CC=O)C[C@@H](C)C(=O)/C=C/C(C)=C/[C@@H]1CI. The maximum absolute atomic E-state index is 13.1. The third kappa shape index (κ3) is 10.3. The normalized spacial score (nSPS) is 39.3. The number of aliphatic hydroxyl groups excluding tert-OH is 1. The third-order valence-corrected chi connectivity index (χ3v) is 9.28. The molecule has 2 heterocycles. The molecule has 0 aliphatic carbocycles. The Balaban J connectivity index is 2.43. The molecule has 1 fully saturated rings. The molecule has 0 radical (unpaired) electrons. The smallest absolute Gasteiger partial charge is 0.306 e. The Kier molecular flexibility index (Phi) is 15.0. The maximum Gasteiger partial charge on any atom is 0.306 e. The van der Waals surface area contributed by atoms with Crippen LogP contribution >= 0.6 is 22.6 Å². The van der Waals surface area contributed by atoms with Gasteiger partial charge in [-0.05, 0) is 71.5 Å². The molecule has 40 heavy (non-hydrogen) atoms. The second-order valence-corrected chi connectivity index (χ2v) is 12.8. The number of nitrogens with zero attached hydrogens (tertiary/aromatic N) is 1. The van der Waals surface area contributed by atoms with Crippen molar-refractivity contribution in [1.29, 1.82) is 0 Å². The van der Waals surface area contributed by atoms with Gasteiger partial charge in [-0.1, -0.05) is 61.1 Å². The highest BCUT2D eigenvalue weighted by molar-refractivity contribution is 14.1. The summed E-state index contributed by atoms with van der Waals surface area (Å²) in [5.74, 6) is -1.01. The molecular formula is C31H50INO7. The summed E-state index contributed by atoms with van der Waals surface area (Å²) < 4.78 is 19.3. The van der Waals surface area contributed by atoms with Gasteiger partial charge in [-0.3, -0.25) is 9.59 Å². The predicted octanol–water partition coefficient (Wildman–Crippen LogP) is 4.90. The second-order valence-electron chi connectivity index (χ2n) is 11.9. The molecule has 2 aliphatic heterocycles. The monoisotopic (exact) mass is 675 g/mol. The number of likely N-dealkylation sites (N-methyl/N-ethyl adjacent to an activating group) is 1. The van der Waals surface area contributed by atoms with Gasteiger partial charge in [0.25, 0.3) is 0 Å². The summed E-state index contributed by atoms with van der Waals surface area (Å²) >= 11 is 2.31. The molecule has 1 N–H and O–H groups in total. The molecule has 8 nitrogen and oxygen atoms in total. The zero-order valence-corrected chi connectivity index (χ0v) is 27.4. The van der Waals surface area contributed by atoms with E-state index in [4.69, 9.17) is 14.2 Å². The first-order chi connectivity index (χ1) is 18.9. The molecule has 2 rings (SSSR count). The van der Waals surface area contributed by atoms with Crippen LogP contribution < -0.4 is 0 Å². The van der Waals surface area contributed by atoms with Gasteiger partial charge in [0.05, 0.1) is 12.2 Å². The van der Waals surface area contributed by atoms with Crippen molar-refractivity contribution < 1.29 is 33.7 Å². The fourth-order valence-corrected chi connectivity index (χ4v) is 6.63. The standard InChI is InChI=1S/C31H50INO7/c1-8-27-24(18-32)15-19(2)9-11-26(35)21(4)16-23(13-14-34)30(20(3)10-12-28(36)39-27)40-31-29(37)25(33(6)7)17-22(5)38-31/h9,11,14-15,20-25,27,29-31,37H,8,10,12-13,16-18H2,1-7H3/b11-9+,19-15+/t20-,21+,22?,23-,24+,25?,27+,29?,30+,31?/m0/s1. The zero-order valence-electron chi connectivity index (χ0n) is 25.3. The third-order valence-electron chi connectivity index (χ3n) is 8.27. The van der Waals surface area contributed by atoms with Crippen molar-refractivity contribution in [2.45, 2.75) is 110 Å². The lowest BCUT2D eigenvalue weighted by Gasteiger charge is -2.44. The van der Waals surface area contributed by atoms with Crippen molar-refractivity contribution in [3.05, 3.63) is 23.8 Å². The van der Waals surface area contributed by atoms with E-state index in [0.717, 1.165) is 16.3 Å². The van der Waals surface area contributed by atoms with Gasteiger partial charge in [-0.25, -0.2) is 0 Å². The molecule has 10 atom stereocenters. The highest BCUT2D eigenvalue weighted by Gasteiger charge is 2.41. The summed E-state index contributed by atoms with van der Waals surface area (Å²) in [6, 6.07) is -0.145. The van der Waals surface area contributed by atoms with Gasteiger partial charge in [0.2, 0.25) is 0 Å². The Morgan fingerprint density at radius 1 is 1.18 bits per heavy atom. The molecule has 1 saturated heterocycles. The fourth-order valence-electron chi connectivity index (χ4n) is 5.81. The van der Waals surface area contributed by atoms with Crippen LogP contribution in [0.3, 0.4) is 0 Å². The van der Waals surface area contributed by atoms with Crippen LogP contribution in [-0.2, 0) is 28.6 Å². The van der Waals surface area contributed by atoms with E-state index in [0.29, 0.717) is 25.7 Å². The van der Waals surface area contributed by atoms with Crippen molar-refractivity contribution in [3.8, 4) is 0 Å². The first kappa shape index (κ1) is 35.1. The van der Waals surface area contributed by atoms with Gasteiger partial charge in [-0.15, -0.1) is 0 Å². The van der Waals surface area contributed by atoms with Crippen molar-refractivity contribution in [1.82, 2.24) is 4.90 Å². The van der Waals surface area contributed by atoms with Gasteiger partial charge in [0, 0.05) is 35.1 Å². The number of ketones is 1. The van der Waals surface area contributed by atoms with Crippen LogP contribution in [0.25, 0.3) is 0 Å². The van der Waals surface area contributed by atoms with Crippen LogP contribution in [0.2, 0.25) is 0 Å². The molecule has 0 spiro atoms. The topological polar surface area (TPSA) is 102 Å². The first-order valence-corrected chi connectivity index (χ1v) is 16.2. The van der Waals surface area contributed by atoms with E-state index >= 15 is 0 Å². The number of aliphatic hydroxyl groups is 1. The average Bonchev–Trinajstić information content (AvgIpc) is 2.91. The Morgan fingerprint density at radius 3 is 2.48 bits per heavy atom. The van der Waals surface area contributed by atoms with Crippen molar-refractivity contribution in [2.75, 3.05) is 18.5 Å². The molecule has 0 aromatic rings. The van der Waals surface area contributed by atoms with E-state index in [1.807, 2.05) is 59.7 Å². The van der Waals surface area contributed by atoms with Crippen LogP contribution in [0, 0.1) is 23.7 Å². The number of alkyl halides is 1. The molecule has 0 aromatic heterocycles. The summed E-state index contributed by atoms with van der Waals surface area (Å²) in [5.41, 5.74) is 0.941. The lowest BCUT2D eigenvalue weighted by atomic mass is 9.80. The minimum Gasteiger partial charge on any atom is -0.462 e. The minimum atomic E-state index is -0.886. The number of rotatable bonds is 7. The average molecular weight is 676 g/mol. The van der Waals surface area contributed by atoms with Crippen molar-refractivity contribution >= 4 is 40.6 Å². The number of carbonyl (C=O) groups excluding carboxylic acids is 3. The van der Waals surface area contributed by atoms with Gasteiger partial charge >= 0.3 is 5.97 Å². The quantitative estimate of drug-likeness (QED) is 0.176. The first-order valence-electron chi connectivity index (χ1n) is 14.7. The van der Waals surface area contributed by atoms with E-state index in [1.54, 1.807) is 6.08 Å². The molecule has 228 valence electrons. The van der Waals surface area contributed by atoms with Crippen molar-refractivity contribution in [3.63, 3.8) is 0 Å². The van der Waals surface area contributed by atoms with Gasteiger partial charge < -0.3 is 29.0 Å². The Hall–Kier alpha value is -1.14. The Morgan fingerprint density at radius 2 is 1.88 bits per heavy atom. The molecule has 0 bridgehead atoms. The van der Waals surface area contributed by atoms with E-state index in [1.165, 1.54) is 0 Å². The minimum absolute atomic E-state index is 0.0121. The number of cyclic esters (lactones) is 1. The van der Waals surface area contributed by atoms with E-state index in [9.17, 15) is 19.5 Å². The van der Waals surface area contributed by atoms with Crippen molar-refractivity contribution in [2.24, 2.45) is 23.7 Å². The highest BCUT2D eigenvalue weighted by Crippen LogP contribution is 2.34. The predicted molar refractivity (Wildman–Crippen MR) is 164 cm³/mol. The number of esters is 1. The summed E-state index contributed by atoms with van der Waals surface area (Å²) in [6.45, 7) is 9.78. The lowest BCUT2D eigenvalue weighted by Crippen LogP contribution is -2.55. The molecular weight excluding hydrogens is 625 g/mol. The second kappa shape index (κ2) is 17.1. The number of allylic oxidation sites excluding steroid dienone is 3. The van der Waals surface area contributed by atoms with E-state index in [-0.39, 0.29) is 66.5 Å². The fraction of sp³-hybridized carbons (Fsp3) is 0.774. The summed E-state index contributed by atoms with van der Waals surface area (Å²) in [7, 11) is 3.84. The molecule has 2 aliphatic rings. The molecule has 4 unspecified atom stereocenters. The van der Waals surface area contributed by atoms with Gasteiger partial charge in [-0.2, -0.15) is 0 Å². The lowest BCUT2D eigenvalue weighted by molar-refractivity contribution is -0.280.